The Labute approximate surface area is 466 Å². The minimum absolute atomic E-state index is 0.121. The molecular formula is C64H85NO11Si2. The number of hydrogen-bond acceptors (Lipinski definition) is 10. The van der Waals surface area contributed by atoms with Crippen LogP contribution < -0.4 is 20.7 Å². The maximum atomic E-state index is 14.0. The zero-order chi connectivity index (χ0) is 57.4. The van der Waals surface area contributed by atoms with Crippen molar-refractivity contribution in [2.24, 2.45) is 11.8 Å². The molecule has 1 aliphatic heterocycles. The van der Waals surface area contributed by atoms with Gasteiger partial charge in [0.15, 0.2) is 0 Å². The quantitative estimate of drug-likeness (QED) is 0.0305. The third-order valence-corrected chi connectivity index (χ3v) is 23.8. The Morgan fingerprint density at radius 1 is 0.538 bits per heavy atom. The number of cyclic esters (lactones) is 1. The van der Waals surface area contributed by atoms with Crippen molar-refractivity contribution in [3.8, 4) is 0 Å². The van der Waals surface area contributed by atoms with Crippen molar-refractivity contribution < 1.29 is 52.1 Å². The summed E-state index contributed by atoms with van der Waals surface area (Å²) in [6.45, 7) is 25.0. The van der Waals surface area contributed by atoms with E-state index in [-0.39, 0.29) is 29.5 Å². The number of aliphatic carboxylic acids is 1. The van der Waals surface area contributed by atoms with Crippen molar-refractivity contribution in [3.63, 3.8) is 0 Å². The summed E-state index contributed by atoms with van der Waals surface area (Å²) < 4.78 is 30.1. The van der Waals surface area contributed by atoms with Crippen molar-refractivity contribution >= 4 is 67.3 Å². The van der Waals surface area contributed by atoms with E-state index in [1.807, 2.05) is 103 Å². The summed E-state index contributed by atoms with van der Waals surface area (Å²) in [7, 11) is -5.42. The molecule has 0 saturated carbocycles. The monoisotopic (exact) mass is 1100 g/mol. The van der Waals surface area contributed by atoms with Crippen LogP contribution in [0.25, 0.3) is 0 Å². The first-order chi connectivity index (χ1) is 36.7. The molecule has 0 aromatic heterocycles. The first-order valence-corrected chi connectivity index (χ1v) is 31.2. The van der Waals surface area contributed by atoms with Crippen LogP contribution in [0.5, 0.6) is 0 Å². The highest BCUT2D eigenvalue weighted by Crippen LogP contribution is 2.38. The van der Waals surface area contributed by atoms with Gasteiger partial charge < -0.3 is 28.2 Å². The lowest BCUT2D eigenvalue weighted by molar-refractivity contribution is -0.160. The van der Waals surface area contributed by atoms with Crippen LogP contribution in [0.1, 0.15) is 127 Å². The summed E-state index contributed by atoms with van der Waals surface area (Å²) >= 11 is 0. The number of carboxylic acids is 1. The molecule has 1 heterocycles. The van der Waals surface area contributed by atoms with E-state index in [9.17, 15) is 29.1 Å². The van der Waals surface area contributed by atoms with Crippen LogP contribution >= 0.6 is 0 Å². The van der Waals surface area contributed by atoms with Gasteiger partial charge in [-0.3, -0.25) is 19.2 Å². The maximum absolute atomic E-state index is 14.0. The molecule has 5 aromatic carbocycles. The summed E-state index contributed by atoms with van der Waals surface area (Å²) in [5, 5.41) is 14.0. The Bertz CT molecular complexity index is 2600. The predicted octanol–water partition coefficient (Wildman–Crippen LogP) is 11.1. The Kier molecular flexibility index (Phi) is 22.2. The van der Waals surface area contributed by atoms with Crippen molar-refractivity contribution in [1.82, 2.24) is 4.90 Å². The van der Waals surface area contributed by atoms with E-state index < -0.39 is 75.6 Å². The standard InChI is InChI=1S/C37H47NO6Si.C27H38O5Si/c1-36(2,3)44-33(39)26-29(34(40)38-30(27-42-35(38)41)25-28-17-10-7-11-18-28)19-16-24-43-45(37(4,5)6,31-20-12-8-13-21-31)32-22-14-9-15-23-32;1-26(2,3)32-24(28)20-21(25(29)30)14-13-19-31-33(27(4,5)6,22-15-9-7-10-16-22)23-17-11-8-12-18-23/h7-15,17-18,20-23,29-30H,16,19,24-27H2,1-6H3;7-12,15-18,21H,13-14,19-20H2,1-6H3,(H,29,30)/t29-,30+;21-/m00/s1. The van der Waals surface area contributed by atoms with Gasteiger partial charge in [0, 0.05) is 19.1 Å². The normalized spacial score (nSPS) is 15.1. The molecule has 1 aliphatic rings. The molecule has 3 atom stereocenters. The highest BCUT2D eigenvalue weighted by atomic mass is 28.4. The summed E-state index contributed by atoms with van der Waals surface area (Å²) in [6, 6.07) is 50.7. The molecule has 1 N–H and O–H groups in total. The van der Waals surface area contributed by atoms with Gasteiger partial charge in [-0.1, -0.05) is 193 Å². The Hall–Kier alpha value is -6.20. The van der Waals surface area contributed by atoms with Gasteiger partial charge in [-0.25, -0.2) is 9.69 Å². The second-order valence-electron chi connectivity index (χ2n) is 24.2. The van der Waals surface area contributed by atoms with Crippen molar-refractivity contribution in [1.29, 1.82) is 0 Å². The first-order valence-electron chi connectivity index (χ1n) is 27.4. The van der Waals surface area contributed by atoms with Crippen LogP contribution in [0.15, 0.2) is 152 Å². The van der Waals surface area contributed by atoms with E-state index in [1.54, 1.807) is 41.5 Å². The van der Waals surface area contributed by atoms with E-state index in [1.165, 1.54) is 25.6 Å². The second kappa shape index (κ2) is 27.6. The molecule has 6 rings (SSSR count). The number of carbonyl (C=O) groups excluding carboxylic acids is 4. The molecule has 420 valence electrons. The van der Waals surface area contributed by atoms with E-state index in [2.05, 4.69) is 90.1 Å². The molecule has 0 unspecified atom stereocenters. The van der Waals surface area contributed by atoms with Crippen LogP contribution in [-0.4, -0.2) is 93.6 Å². The second-order valence-corrected chi connectivity index (χ2v) is 32.9. The van der Waals surface area contributed by atoms with Gasteiger partial charge in [0.05, 0.1) is 24.8 Å². The average Bonchev–Trinajstić information content (AvgIpc) is 3.91. The number of nitrogens with zero attached hydrogens (tertiary/aromatic N) is 1. The Balaban J connectivity index is 0.000000302. The first kappa shape index (κ1) is 62.6. The van der Waals surface area contributed by atoms with Crippen LogP contribution in [0, 0.1) is 11.8 Å². The van der Waals surface area contributed by atoms with Crippen molar-refractivity contribution in [2.75, 3.05) is 19.8 Å². The molecule has 0 spiro atoms. The average molecular weight is 1100 g/mol. The number of amides is 2. The third kappa shape index (κ3) is 17.2. The van der Waals surface area contributed by atoms with Crippen molar-refractivity contribution in [2.45, 2.75) is 155 Å². The van der Waals surface area contributed by atoms with Gasteiger partial charge >= 0.3 is 24.0 Å². The van der Waals surface area contributed by atoms with Gasteiger partial charge in [0.25, 0.3) is 16.6 Å². The molecular weight excluding hydrogens is 1010 g/mol. The van der Waals surface area contributed by atoms with Crippen LogP contribution in [0.2, 0.25) is 10.1 Å². The lowest BCUT2D eigenvalue weighted by Gasteiger charge is -2.43. The number of esters is 2. The highest BCUT2D eigenvalue weighted by molar-refractivity contribution is 7.00. The van der Waals surface area contributed by atoms with Crippen molar-refractivity contribution in [3.05, 3.63) is 157 Å². The minimum atomic E-state index is -2.76. The highest BCUT2D eigenvalue weighted by Gasteiger charge is 2.51. The number of rotatable bonds is 22. The number of carboxylic acid groups (broad SMARTS) is 1. The number of ether oxygens (including phenoxy) is 3. The molecule has 1 fully saturated rings. The maximum Gasteiger partial charge on any atom is 0.416 e. The fourth-order valence-corrected chi connectivity index (χ4v) is 19.6. The molecule has 2 amide bonds. The molecule has 5 aromatic rings. The van der Waals surface area contributed by atoms with Crippen LogP contribution in [0.4, 0.5) is 4.79 Å². The number of carbonyl (C=O) groups is 5. The van der Waals surface area contributed by atoms with Gasteiger partial charge in [-0.15, -0.1) is 0 Å². The smallest absolute Gasteiger partial charge is 0.416 e. The molecule has 0 bridgehead atoms. The van der Waals surface area contributed by atoms with E-state index in [0.717, 1.165) is 5.56 Å². The van der Waals surface area contributed by atoms with Gasteiger partial charge in [-0.2, -0.15) is 0 Å². The molecule has 0 aliphatic carbocycles. The summed E-state index contributed by atoms with van der Waals surface area (Å²) in [5.74, 6) is -3.89. The van der Waals surface area contributed by atoms with Crippen LogP contribution in [-0.2, 0) is 48.7 Å². The molecule has 12 nitrogen and oxygen atoms in total. The van der Waals surface area contributed by atoms with E-state index in [4.69, 9.17) is 23.1 Å². The summed E-state index contributed by atoms with van der Waals surface area (Å²) in [6.07, 6.45) is 1.33. The molecule has 1 saturated heterocycles. The SMILES string of the molecule is CC(C)(C)OC(=O)C[C@H](CCCO[Si](c1ccccc1)(c1ccccc1)C(C)(C)C)C(=O)N1C(=O)OC[C@H]1Cc1ccccc1.CC(C)(C)OC(=O)C[C@H](CCCO[Si](c1ccccc1)(c1ccccc1)C(C)(C)C)C(=O)O. The topological polar surface area (TPSA) is 155 Å². The number of benzene rings is 5. The zero-order valence-corrected chi connectivity index (χ0v) is 50.2. The largest absolute Gasteiger partial charge is 0.481 e. The molecule has 0 radical (unpaired) electrons. The van der Waals surface area contributed by atoms with E-state index in [0.29, 0.717) is 45.3 Å². The third-order valence-electron chi connectivity index (χ3n) is 13.7. The lowest BCUT2D eigenvalue weighted by atomic mass is 9.96. The fourth-order valence-electron chi connectivity index (χ4n) is 10.4. The zero-order valence-electron chi connectivity index (χ0n) is 48.2. The van der Waals surface area contributed by atoms with Gasteiger partial charge in [-0.05, 0) is 110 Å². The number of imide groups is 1. The van der Waals surface area contributed by atoms with Crippen LogP contribution in [0.3, 0.4) is 0 Å². The van der Waals surface area contributed by atoms with Gasteiger partial charge in [0.2, 0.25) is 5.91 Å². The van der Waals surface area contributed by atoms with Gasteiger partial charge in [0.1, 0.15) is 17.8 Å². The summed E-state index contributed by atoms with van der Waals surface area (Å²) in [5.41, 5.74) is -0.326. The molecule has 78 heavy (non-hydrogen) atoms. The fraction of sp³-hybridized carbons (Fsp3) is 0.453. The number of hydrogen-bond donors (Lipinski definition) is 1. The predicted molar refractivity (Wildman–Crippen MR) is 313 cm³/mol. The summed E-state index contributed by atoms with van der Waals surface area (Å²) in [4.78, 5) is 65.0. The molecule has 14 heteroatoms. The Morgan fingerprint density at radius 2 is 0.872 bits per heavy atom. The lowest BCUT2D eigenvalue weighted by Crippen LogP contribution is -2.66. The Morgan fingerprint density at radius 3 is 1.21 bits per heavy atom. The minimum Gasteiger partial charge on any atom is -0.481 e. The van der Waals surface area contributed by atoms with E-state index >= 15 is 0 Å².